The molecule has 3 rings (SSSR count). The molecule has 3 atom stereocenters. The summed E-state index contributed by atoms with van der Waals surface area (Å²) in [4.78, 5) is 12.3. The normalized spacial score (nSPS) is 22.4. The molecule has 1 amide bonds. The van der Waals surface area contributed by atoms with Gasteiger partial charge in [-0.15, -0.1) is 0 Å². The van der Waals surface area contributed by atoms with E-state index in [0.717, 1.165) is 18.7 Å². The molecule has 2 aromatic rings. The summed E-state index contributed by atoms with van der Waals surface area (Å²) in [5, 5.41) is 11.8. The SMILES string of the molecule is CC1CC(Cc2ccc(NC(=O)c3cccc(C#N)c3)cc2)COC1C. The molecule has 1 saturated heterocycles. The van der Waals surface area contributed by atoms with Gasteiger partial charge in [0.05, 0.1) is 24.3 Å². The van der Waals surface area contributed by atoms with Gasteiger partial charge in [-0.25, -0.2) is 0 Å². The van der Waals surface area contributed by atoms with E-state index < -0.39 is 0 Å². The van der Waals surface area contributed by atoms with E-state index in [-0.39, 0.29) is 5.91 Å². The van der Waals surface area contributed by atoms with Crippen LogP contribution < -0.4 is 5.32 Å². The Morgan fingerprint density at radius 2 is 2.00 bits per heavy atom. The summed E-state index contributed by atoms with van der Waals surface area (Å²) in [5.41, 5.74) is 2.97. The highest BCUT2D eigenvalue weighted by Crippen LogP contribution is 2.27. The van der Waals surface area contributed by atoms with E-state index in [0.29, 0.717) is 29.1 Å². The average molecular weight is 348 g/mol. The van der Waals surface area contributed by atoms with Crippen molar-refractivity contribution in [1.29, 1.82) is 5.26 Å². The maximum absolute atomic E-state index is 12.3. The summed E-state index contributed by atoms with van der Waals surface area (Å²) in [6, 6.07) is 16.7. The molecule has 1 N–H and O–H groups in total. The zero-order valence-corrected chi connectivity index (χ0v) is 15.2. The molecule has 0 radical (unpaired) electrons. The molecule has 4 heteroatoms. The molecule has 134 valence electrons. The molecule has 0 bridgehead atoms. The number of nitrogens with zero attached hydrogens (tertiary/aromatic N) is 1. The molecule has 2 aromatic carbocycles. The molecule has 1 aliphatic rings. The molecule has 1 fully saturated rings. The second kappa shape index (κ2) is 8.16. The van der Waals surface area contributed by atoms with Crippen molar-refractivity contribution in [3.8, 4) is 6.07 Å². The lowest BCUT2D eigenvalue weighted by atomic mass is 9.86. The minimum Gasteiger partial charge on any atom is -0.378 e. The molecule has 0 aromatic heterocycles. The fourth-order valence-corrected chi connectivity index (χ4v) is 3.37. The molecular formula is C22H24N2O2. The number of ether oxygens (including phenoxy) is 1. The van der Waals surface area contributed by atoms with Gasteiger partial charge < -0.3 is 10.1 Å². The number of carbonyl (C=O) groups excluding carboxylic acids is 1. The quantitative estimate of drug-likeness (QED) is 0.890. The van der Waals surface area contributed by atoms with Gasteiger partial charge >= 0.3 is 0 Å². The number of rotatable bonds is 4. The molecule has 1 aliphatic heterocycles. The summed E-state index contributed by atoms with van der Waals surface area (Å²) in [7, 11) is 0. The van der Waals surface area contributed by atoms with Crippen molar-refractivity contribution in [1.82, 2.24) is 0 Å². The molecule has 0 spiro atoms. The predicted molar refractivity (Wildman–Crippen MR) is 102 cm³/mol. The number of anilines is 1. The van der Waals surface area contributed by atoms with Crippen molar-refractivity contribution in [2.24, 2.45) is 11.8 Å². The Morgan fingerprint density at radius 3 is 2.69 bits per heavy atom. The zero-order valence-electron chi connectivity index (χ0n) is 15.2. The van der Waals surface area contributed by atoms with Gasteiger partial charge in [-0.3, -0.25) is 4.79 Å². The van der Waals surface area contributed by atoms with Crippen LogP contribution >= 0.6 is 0 Å². The van der Waals surface area contributed by atoms with Gasteiger partial charge in [0.1, 0.15) is 0 Å². The lowest BCUT2D eigenvalue weighted by Crippen LogP contribution is -2.31. The Bertz CT molecular complexity index is 808. The Balaban J connectivity index is 1.59. The van der Waals surface area contributed by atoms with Crippen molar-refractivity contribution >= 4 is 11.6 Å². The van der Waals surface area contributed by atoms with Gasteiger partial charge in [0.15, 0.2) is 0 Å². The van der Waals surface area contributed by atoms with Gasteiger partial charge in [0, 0.05) is 11.3 Å². The van der Waals surface area contributed by atoms with Crippen molar-refractivity contribution in [3.63, 3.8) is 0 Å². The highest BCUT2D eigenvalue weighted by atomic mass is 16.5. The monoisotopic (exact) mass is 348 g/mol. The van der Waals surface area contributed by atoms with Crippen LogP contribution in [-0.4, -0.2) is 18.6 Å². The molecule has 0 aliphatic carbocycles. The largest absolute Gasteiger partial charge is 0.378 e. The average Bonchev–Trinajstić information content (AvgIpc) is 2.66. The zero-order chi connectivity index (χ0) is 18.5. The van der Waals surface area contributed by atoms with Crippen molar-refractivity contribution < 1.29 is 9.53 Å². The van der Waals surface area contributed by atoms with Gasteiger partial charge in [0.25, 0.3) is 5.91 Å². The Kier molecular flexibility index (Phi) is 5.70. The standard InChI is InChI=1S/C22H24N2O2/c1-15-10-19(14-26-16(15)2)11-17-6-8-21(9-7-17)24-22(25)20-5-3-4-18(12-20)13-23/h3-9,12,15-16,19H,10-11,14H2,1-2H3,(H,24,25). The van der Waals surface area contributed by atoms with Crippen LogP contribution in [-0.2, 0) is 11.2 Å². The van der Waals surface area contributed by atoms with E-state index >= 15 is 0 Å². The van der Waals surface area contributed by atoms with Crippen LogP contribution in [0, 0.1) is 23.2 Å². The molecule has 4 nitrogen and oxygen atoms in total. The van der Waals surface area contributed by atoms with Crippen LogP contribution in [0.4, 0.5) is 5.69 Å². The Morgan fingerprint density at radius 1 is 1.23 bits per heavy atom. The number of hydrogen-bond acceptors (Lipinski definition) is 3. The highest BCUT2D eigenvalue weighted by Gasteiger charge is 2.25. The maximum atomic E-state index is 12.3. The van der Waals surface area contributed by atoms with Crippen LogP contribution in [0.5, 0.6) is 0 Å². The van der Waals surface area contributed by atoms with Crippen LogP contribution in [0.15, 0.2) is 48.5 Å². The van der Waals surface area contributed by atoms with Crippen molar-refractivity contribution in [2.45, 2.75) is 32.8 Å². The minimum absolute atomic E-state index is 0.210. The first-order valence-electron chi connectivity index (χ1n) is 9.07. The number of amides is 1. The van der Waals surface area contributed by atoms with E-state index in [1.54, 1.807) is 24.3 Å². The number of nitrogens with one attached hydrogen (secondary N) is 1. The molecule has 3 unspecified atom stereocenters. The van der Waals surface area contributed by atoms with Crippen LogP contribution in [0.25, 0.3) is 0 Å². The van der Waals surface area contributed by atoms with Gasteiger partial charge in [-0.05, 0) is 67.5 Å². The summed E-state index contributed by atoms with van der Waals surface area (Å²) >= 11 is 0. The topological polar surface area (TPSA) is 62.1 Å². The molecule has 0 saturated carbocycles. The van der Waals surface area contributed by atoms with E-state index in [2.05, 4.69) is 31.3 Å². The number of hydrogen-bond donors (Lipinski definition) is 1. The predicted octanol–water partition coefficient (Wildman–Crippen LogP) is 4.41. The lowest BCUT2D eigenvalue weighted by molar-refractivity contribution is -0.0397. The minimum atomic E-state index is -0.210. The number of carbonyl (C=O) groups is 1. The fraction of sp³-hybridized carbons (Fsp3) is 0.364. The van der Waals surface area contributed by atoms with E-state index in [4.69, 9.17) is 10.00 Å². The second-order valence-electron chi connectivity index (χ2n) is 7.17. The maximum Gasteiger partial charge on any atom is 0.255 e. The van der Waals surface area contributed by atoms with E-state index in [9.17, 15) is 4.79 Å². The smallest absolute Gasteiger partial charge is 0.255 e. The summed E-state index contributed by atoms with van der Waals surface area (Å²) in [6.45, 7) is 5.21. The first-order valence-corrected chi connectivity index (χ1v) is 9.07. The number of nitriles is 1. The van der Waals surface area contributed by atoms with Crippen LogP contribution in [0.3, 0.4) is 0 Å². The molecular weight excluding hydrogens is 324 g/mol. The Labute approximate surface area is 154 Å². The third-order valence-electron chi connectivity index (χ3n) is 5.09. The fourth-order valence-electron chi connectivity index (χ4n) is 3.37. The third kappa shape index (κ3) is 4.50. The highest BCUT2D eigenvalue weighted by molar-refractivity contribution is 6.04. The summed E-state index contributed by atoms with van der Waals surface area (Å²) in [5.74, 6) is 0.935. The van der Waals surface area contributed by atoms with Gasteiger partial charge in [-0.1, -0.05) is 25.1 Å². The van der Waals surface area contributed by atoms with Crippen molar-refractivity contribution in [3.05, 3.63) is 65.2 Å². The van der Waals surface area contributed by atoms with Gasteiger partial charge in [-0.2, -0.15) is 5.26 Å². The van der Waals surface area contributed by atoms with Crippen LogP contribution in [0.1, 0.15) is 41.8 Å². The van der Waals surface area contributed by atoms with Gasteiger partial charge in [0.2, 0.25) is 0 Å². The Hall–Kier alpha value is -2.64. The summed E-state index contributed by atoms with van der Waals surface area (Å²) in [6.07, 6.45) is 2.54. The molecule has 26 heavy (non-hydrogen) atoms. The van der Waals surface area contributed by atoms with Crippen molar-refractivity contribution in [2.75, 3.05) is 11.9 Å². The number of benzene rings is 2. The summed E-state index contributed by atoms with van der Waals surface area (Å²) < 4.78 is 5.84. The van der Waals surface area contributed by atoms with E-state index in [1.807, 2.05) is 18.2 Å². The van der Waals surface area contributed by atoms with E-state index in [1.165, 1.54) is 12.0 Å². The first kappa shape index (κ1) is 18.2. The third-order valence-corrected chi connectivity index (χ3v) is 5.09. The van der Waals surface area contributed by atoms with Crippen LogP contribution in [0.2, 0.25) is 0 Å². The lowest BCUT2D eigenvalue weighted by Gasteiger charge is -2.32. The molecule has 1 heterocycles. The second-order valence-corrected chi connectivity index (χ2v) is 7.17. The first-order chi connectivity index (χ1) is 12.5.